The fraction of sp³-hybridized carbons (Fsp3) is 0.100. The summed E-state index contributed by atoms with van der Waals surface area (Å²) < 4.78 is 42.9. The van der Waals surface area contributed by atoms with Crippen LogP contribution < -0.4 is 5.73 Å². The van der Waals surface area contributed by atoms with Gasteiger partial charge in [-0.15, -0.1) is 0 Å². The molecule has 2 aromatic carbocycles. The van der Waals surface area contributed by atoms with Gasteiger partial charge < -0.3 is 10.3 Å². The number of aromatic nitrogens is 3. The molecule has 6 nitrogen and oxygen atoms in total. The molecule has 2 N–H and O–H groups in total. The van der Waals surface area contributed by atoms with Crippen molar-refractivity contribution in [3.8, 4) is 11.1 Å². The zero-order valence-corrected chi connectivity index (χ0v) is 17.9. The van der Waals surface area contributed by atoms with Crippen molar-refractivity contribution in [2.24, 2.45) is 7.05 Å². The lowest BCUT2D eigenvalue weighted by Gasteiger charge is -2.11. The van der Waals surface area contributed by atoms with E-state index < -0.39 is 21.4 Å². The Balaban J connectivity index is 1.83. The third-order valence-corrected chi connectivity index (χ3v) is 7.10. The molecule has 10 heteroatoms. The van der Waals surface area contributed by atoms with Crippen LogP contribution in [0.5, 0.6) is 0 Å². The predicted molar refractivity (Wildman–Crippen MR) is 116 cm³/mol. The van der Waals surface area contributed by atoms with Crippen molar-refractivity contribution >= 4 is 49.9 Å². The lowest BCUT2D eigenvalue weighted by molar-refractivity contribution is 0.588. The maximum absolute atomic E-state index is 15.4. The van der Waals surface area contributed by atoms with Crippen LogP contribution in [-0.2, 0) is 22.6 Å². The van der Waals surface area contributed by atoms with Gasteiger partial charge in [-0.25, -0.2) is 22.8 Å². The first-order valence-corrected chi connectivity index (χ1v) is 11.1. The summed E-state index contributed by atoms with van der Waals surface area (Å²) in [5.41, 5.74) is 7.21. The fourth-order valence-electron chi connectivity index (χ4n) is 3.34. The van der Waals surface area contributed by atoms with Crippen LogP contribution in [0.2, 0.25) is 10.0 Å². The van der Waals surface area contributed by atoms with Gasteiger partial charge in [0.05, 0.1) is 21.1 Å². The van der Waals surface area contributed by atoms with Crippen LogP contribution >= 0.6 is 23.2 Å². The van der Waals surface area contributed by atoms with Gasteiger partial charge in [0.25, 0.3) is 0 Å². The molecule has 0 aliphatic rings. The van der Waals surface area contributed by atoms with Crippen LogP contribution in [0.4, 0.5) is 10.2 Å². The summed E-state index contributed by atoms with van der Waals surface area (Å²) in [6.45, 7) is 0. The maximum Gasteiger partial charge on any atom is 0.184 e. The van der Waals surface area contributed by atoms with Crippen molar-refractivity contribution in [2.45, 2.75) is 10.6 Å². The van der Waals surface area contributed by atoms with Gasteiger partial charge in [0.15, 0.2) is 9.84 Å². The molecule has 0 aliphatic carbocycles. The molecule has 0 unspecified atom stereocenters. The number of anilines is 1. The molecule has 0 atom stereocenters. The number of benzene rings is 2. The maximum atomic E-state index is 15.4. The number of hydrogen-bond acceptors (Lipinski definition) is 5. The lowest BCUT2D eigenvalue weighted by atomic mass is 10.0. The third-order valence-electron chi connectivity index (χ3n) is 4.73. The van der Waals surface area contributed by atoms with Crippen LogP contribution in [0.25, 0.3) is 22.2 Å². The molecule has 154 valence electrons. The molecule has 0 radical (unpaired) electrons. The van der Waals surface area contributed by atoms with Crippen molar-refractivity contribution < 1.29 is 12.8 Å². The first-order valence-electron chi connectivity index (χ1n) is 8.70. The molecular weight excluding hydrogens is 450 g/mol. The predicted octanol–water partition coefficient (Wildman–Crippen LogP) is 4.64. The summed E-state index contributed by atoms with van der Waals surface area (Å²) in [5, 5.41) is 0.741. The standard InChI is InChI=1S/C20H15Cl2FN4O2S/c1-27-8-14(17-19(24)25-10-26-20(17)27)13-4-2-3-11(18(13)23)9-30(28,29)16-7-12(21)5-6-15(16)22/h2-8,10H,9H2,1H3,(H2,24,25,26). The normalized spacial score (nSPS) is 11.9. The Morgan fingerprint density at radius 1 is 1.13 bits per heavy atom. The highest BCUT2D eigenvalue weighted by Gasteiger charge is 2.24. The van der Waals surface area contributed by atoms with Crippen molar-refractivity contribution in [1.29, 1.82) is 0 Å². The SMILES string of the molecule is Cn1cc(-c2cccc(CS(=O)(=O)c3cc(Cl)ccc3Cl)c2F)c2c(N)ncnc21. The summed E-state index contributed by atoms with van der Waals surface area (Å²) in [7, 11) is -2.19. The molecule has 0 aliphatic heterocycles. The molecule has 2 heterocycles. The Morgan fingerprint density at radius 2 is 1.90 bits per heavy atom. The summed E-state index contributed by atoms with van der Waals surface area (Å²) >= 11 is 11.9. The summed E-state index contributed by atoms with van der Waals surface area (Å²) in [4.78, 5) is 8.02. The van der Waals surface area contributed by atoms with Crippen molar-refractivity contribution in [3.63, 3.8) is 0 Å². The molecule has 0 fully saturated rings. The Bertz CT molecular complexity index is 1400. The molecule has 2 aromatic heterocycles. The number of nitrogens with zero attached hydrogens (tertiary/aromatic N) is 3. The number of nitrogen functional groups attached to an aromatic ring is 1. The molecule has 4 rings (SSSR count). The van der Waals surface area contributed by atoms with E-state index in [1.54, 1.807) is 29.9 Å². The van der Waals surface area contributed by atoms with Crippen molar-refractivity contribution in [1.82, 2.24) is 14.5 Å². The number of sulfone groups is 1. The Hall–Kier alpha value is -2.68. The number of aryl methyl sites for hydroxylation is 1. The molecule has 4 aromatic rings. The van der Waals surface area contributed by atoms with Gasteiger partial charge in [-0.05, 0) is 18.2 Å². The van der Waals surface area contributed by atoms with E-state index in [1.165, 1.54) is 30.6 Å². The fourth-order valence-corrected chi connectivity index (χ4v) is 5.50. The summed E-state index contributed by atoms with van der Waals surface area (Å²) in [6.07, 6.45) is 3.01. The number of hydrogen-bond donors (Lipinski definition) is 1. The van der Waals surface area contributed by atoms with E-state index in [1.807, 2.05) is 0 Å². The van der Waals surface area contributed by atoms with E-state index in [0.29, 0.717) is 16.6 Å². The Morgan fingerprint density at radius 3 is 2.67 bits per heavy atom. The van der Waals surface area contributed by atoms with Gasteiger partial charge in [0.1, 0.15) is 23.6 Å². The zero-order valence-electron chi connectivity index (χ0n) is 15.6. The van der Waals surface area contributed by atoms with Gasteiger partial charge in [0.2, 0.25) is 0 Å². The van der Waals surface area contributed by atoms with Gasteiger partial charge >= 0.3 is 0 Å². The smallest absolute Gasteiger partial charge is 0.184 e. The quantitative estimate of drug-likeness (QED) is 0.474. The minimum atomic E-state index is -3.94. The second kappa shape index (κ2) is 7.54. The summed E-state index contributed by atoms with van der Waals surface area (Å²) in [5.74, 6) is -1.04. The molecule has 30 heavy (non-hydrogen) atoms. The molecule has 0 amide bonds. The van der Waals surface area contributed by atoms with E-state index in [4.69, 9.17) is 28.9 Å². The van der Waals surface area contributed by atoms with Crippen LogP contribution in [0.1, 0.15) is 5.56 Å². The molecule has 0 saturated carbocycles. The van der Waals surface area contributed by atoms with Gasteiger partial charge in [-0.2, -0.15) is 0 Å². The number of halogens is 3. The van der Waals surface area contributed by atoms with Crippen LogP contribution in [-0.4, -0.2) is 23.0 Å². The van der Waals surface area contributed by atoms with E-state index in [9.17, 15) is 8.42 Å². The molecule has 0 saturated heterocycles. The number of nitrogens with two attached hydrogens (primary N) is 1. The molecule has 0 spiro atoms. The van der Waals surface area contributed by atoms with Crippen LogP contribution in [0.15, 0.2) is 53.8 Å². The van der Waals surface area contributed by atoms with Crippen molar-refractivity contribution in [3.05, 3.63) is 70.3 Å². The monoisotopic (exact) mass is 464 g/mol. The van der Waals surface area contributed by atoms with Crippen LogP contribution in [0, 0.1) is 5.82 Å². The largest absolute Gasteiger partial charge is 0.383 e. The Labute approximate surface area is 182 Å². The highest BCUT2D eigenvalue weighted by molar-refractivity contribution is 7.90. The van der Waals surface area contributed by atoms with Gasteiger partial charge in [-0.3, -0.25) is 0 Å². The Kier molecular flexibility index (Phi) is 5.17. The van der Waals surface area contributed by atoms with E-state index in [0.717, 1.165) is 0 Å². The highest BCUT2D eigenvalue weighted by atomic mass is 35.5. The average molecular weight is 465 g/mol. The second-order valence-electron chi connectivity index (χ2n) is 6.72. The molecular formula is C20H15Cl2FN4O2S. The van der Waals surface area contributed by atoms with E-state index >= 15 is 4.39 Å². The average Bonchev–Trinajstić information content (AvgIpc) is 3.03. The topological polar surface area (TPSA) is 90.9 Å². The number of fused-ring (bicyclic) bond motifs is 1. The highest BCUT2D eigenvalue weighted by Crippen LogP contribution is 2.35. The number of rotatable bonds is 4. The van der Waals surface area contributed by atoms with Gasteiger partial charge in [-0.1, -0.05) is 41.4 Å². The minimum Gasteiger partial charge on any atom is -0.383 e. The van der Waals surface area contributed by atoms with E-state index in [-0.39, 0.29) is 31.9 Å². The third kappa shape index (κ3) is 3.51. The lowest BCUT2D eigenvalue weighted by Crippen LogP contribution is -2.08. The van der Waals surface area contributed by atoms with E-state index in [2.05, 4.69) is 9.97 Å². The molecule has 0 bridgehead atoms. The minimum absolute atomic E-state index is 0.00374. The van der Waals surface area contributed by atoms with Crippen LogP contribution in [0.3, 0.4) is 0 Å². The summed E-state index contributed by atoms with van der Waals surface area (Å²) in [6, 6.07) is 8.68. The van der Waals surface area contributed by atoms with Crippen molar-refractivity contribution in [2.75, 3.05) is 5.73 Å². The zero-order chi connectivity index (χ0) is 21.6. The first-order chi connectivity index (χ1) is 14.2. The van der Waals surface area contributed by atoms with Gasteiger partial charge in [0, 0.05) is 35.0 Å². The second-order valence-corrected chi connectivity index (χ2v) is 9.53. The first kappa shape index (κ1) is 20.6.